The first-order valence-corrected chi connectivity index (χ1v) is 12.8. The van der Waals surface area contributed by atoms with Crippen molar-refractivity contribution in [3.8, 4) is 5.75 Å². The molecule has 0 radical (unpaired) electrons. The van der Waals surface area contributed by atoms with Gasteiger partial charge in [0.1, 0.15) is 24.1 Å². The molecule has 2 saturated heterocycles. The molecular formula is C25H28N2O10S. The van der Waals surface area contributed by atoms with Gasteiger partial charge in [-0.1, -0.05) is 30.0 Å². The first-order chi connectivity index (χ1) is 18.1. The molecular weight excluding hydrogens is 520 g/mol. The number of carboxylic acids is 1. The number of hydrogen-bond donors (Lipinski definition) is 5. The zero-order valence-electron chi connectivity index (χ0n) is 20.3. The monoisotopic (exact) mass is 548 g/mol. The van der Waals surface area contributed by atoms with Gasteiger partial charge in [0, 0.05) is 18.3 Å². The topological polar surface area (TPSA) is 185 Å². The minimum atomic E-state index is -1.79. The molecule has 2 unspecified atom stereocenters. The van der Waals surface area contributed by atoms with Crippen LogP contribution in [0.5, 0.6) is 5.75 Å². The SMILES string of the molecule is CC(O[C@@H]1O[C@H](C(=O)O)[C@@H](O)[C@H](O)[C@H]1O)c1ccc(CCOc2ccc(CC3SC(=O)NC3=O)cc2)nc1. The van der Waals surface area contributed by atoms with E-state index >= 15 is 0 Å². The molecule has 38 heavy (non-hydrogen) atoms. The van der Waals surface area contributed by atoms with Crippen molar-refractivity contribution in [2.45, 2.75) is 61.8 Å². The smallest absolute Gasteiger partial charge is 0.335 e. The predicted molar refractivity (Wildman–Crippen MR) is 132 cm³/mol. The maximum Gasteiger partial charge on any atom is 0.335 e. The number of aliphatic carboxylic acids is 1. The van der Waals surface area contributed by atoms with Crippen LogP contribution in [0.1, 0.15) is 29.8 Å². The number of hydrogen-bond acceptors (Lipinski definition) is 11. The molecule has 7 atom stereocenters. The van der Waals surface area contributed by atoms with Crippen LogP contribution in [0, 0.1) is 0 Å². The molecule has 4 rings (SSSR count). The van der Waals surface area contributed by atoms with E-state index in [1.807, 2.05) is 12.1 Å². The number of aliphatic hydroxyl groups is 3. The summed E-state index contributed by atoms with van der Waals surface area (Å²) in [5, 5.41) is 40.5. The normalized spacial score (nSPS) is 28.1. The lowest BCUT2D eigenvalue weighted by molar-refractivity contribution is -0.304. The van der Waals surface area contributed by atoms with Gasteiger partial charge in [0.2, 0.25) is 5.91 Å². The minimum absolute atomic E-state index is 0.273. The third-order valence-corrected chi connectivity index (χ3v) is 7.19. The van der Waals surface area contributed by atoms with E-state index < -0.39 is 48.0 Å². The van der Waals surface area contributed by atoms with Crippen LogP contribution in [0.4, 0.5) is 4.79 Å². The quantitative estimate of drug-likeness (QED) is 0.278. The summed E-state index contributed by atoms with van der Waals surface area (Å²) >= 11 is 0.993. The molecule has 1 aromatic heterocycles. The van der Waals surface area contributed by atoms with E-state index in [-0.39, 0.29) is 11.1 Å². The highest BCUT2D eigenvalue weighted by molar-refractivity contribution is 8.15. The van der Waals surface area contributed by atoms with E-state index in [9.17, 15) is 29.7 Å². The Bertz CT molecular complexity index is 1150. The lowest BCUT2D eigenvalue weighted by atomic mass is 9.99. The highest BCUT2D eigenvalue weighted by atomic mass is 32.2. The number of aromatic nitrogens is 1. The number of ether oxygens (including phenoxy) is 3. The third kappa shape index (κ3) is 6.67. The number of rotatable bonds is 10. The van der Waals surface area contributed by atoms with Gasteiger partial charge in [0.25, 0.3) is 5.24 Å². The summed E-state index contributed by atoms with van der Waals surface area (Å²) in [7, 11) is 0. The number of amides is 2. The van der Waals surface area contributed by atoms with Crippen molar-refractivity contribution >= 4 is 28.9 Å². The Labute approximate surface area is 221 Å². The fourth-order valence-electron chi connectivity index (χ4n) is 4.01. The van der Waals surface area contributed by atoms with Crippen LogP contribution >= 0.6 is 11.8 Å². The maximum absolute atomic E-state index is 11.7. The van der Waals surface area contributed by atoms with Gasteiger partial charge in [-0.3, -0.25) is 19.9 Å². The zero-order valence-corrected chi connectivity index (χ0v) is 21.1. The fraction of sp³-hybridized carbons (Fsp3) is 0.440. The van der Waals surface area contributed by atoms with E-state index in [4.69, 9.17) is 19.3 Å². The number of aliphatic hydroxyl groups excluding tert-OH is 3. The molecule has 2 aliphatic rings. The summed E-state index contributed by atoms with van der Waals surface area (Å²) in [5.74, 6) is -1.10. The molecule has 2 aliphatic heterocycles. The number of benzene rings is 1. The molecule has 13 heteroatoms. The average molecular weight is 549 g/mol. The van der Waals surface area contributed by atoms with Crippen LogP contribution in [0.3, 0.4) is 0 Å². The fourth-order valence-corrected chi connectivity index (χ4v) is 4.87. The summed E-state index contributed by atoms with van der Waals surface area (Å²) < 4.78 is 16.5. The molecule has 204 valence electrons. The van der Waals surface area contributed by atoms with Gasteiger partial charge in [-0.15, -0.1) is 0 Å². The second-order valence-corrected chi connectivity index (χ2v) is 10.1. The Morgan fingerprint density at radius 3 is 2.45 bits per heavy atom. The third-order valence-electron chi connectivity index (χ3n) is 6.21. The molecule has 2 amide bonds. The number of carboxylic acid groups (broad SMARTS) is 1. The van der Waals surface area contributed by atoms with Crippen molar-refractivity contribution in [1.82, 2.24) is 10.3 Å². The van der Waals surface area contributed by atoms with Crippen molar-refractivity contribution in [3.05, 3.63) is 59.4 Å². The van der Waals surface area contributed by atoms with Crippen LogP contribution in [-0.4, -0.2) is 85.1 Å². The predicted octanol–water partition coefficient (Wildman–Crippen LogP) is 0.567. The molecule has 0 spiro atoms. The number of thioether (sulfide) groups is 1. The van der Waals surface area contributed by atoms with Crippen LogP contribution < -0.4 is 10.1 Å². The van der Waals surface area contributed by atoms with Crippen molar-refractivity contribution in [3.63, 3.8) is 0 Å². The van der Waals surface area contributed by atoms with E-state index in [1.54, 1.807) is 37.4 Å². The van der Waals surface area contributed by atoms with Gasteiger partial charge < -0.3 is 34.6 Å². The Balaban J connectivity index is 1.24. The summed E-state index contributed by atoms with van der Waals surface area (Å²) in [6, 6.07) is 10.9. The molecule has 2 aromatic rings. The van der Waals surface area contributed by atoms with Crippen molar-refractivity contribution in [1.29, 1.82) is 0 Å². The first kappa shape index (κ1) is 28.0. The maximum atomic E-state index is 11.7. The Kier molecular flexibility index (Phi) is 8.97. The van der Waals surface area contributed by atoms with E-state index in [0.717, 1.165) is 23.0 Å². The van der Waals surface area contributed by atoms with Crippen LogP contribution in [0.15, 0.2) is 42.6 Å². The lowest BCUT2D eigenvalue weighted by Crippen LogP contribution is -2.60. The number of carbonyl (C=O) groups is 3. The summed E-state index contributed by atoms with van der Waals surface area (Å²) in [6.45, 7) is 2.02. The van der Waals surface area contributed by atoms with Gasteiger partial charge in [0.05, 0.1) is 18.0 Å². The molecule has 3 heterocycles. The number of imide groups is 1. The Hall–Kier alpha value is -3.07. The van der Waals surface area contributed by atoms with Gasteiger partial charge in [-0.05, 0) is 42.7 Å². The Morgan fingerprint density at radius 2 is 1.84 bits per heavy atom. The lowest BCUT2D eigenvalue weighted by Gasteiger charge is -2.39. The molecule has 12 nitrogen and oxygen atoms in total. The van der Waals surface area contributed by atoms with Gasteiger partial charge in [-0.2, -0.15) is 0 Å². The number of nitrogens with zero attached hydrogens (tertiary/aromatic N) is 1. The average Bonchev–Trinajstić information content (AvgIpc) is 3.21. The first-order valence-electron chi connectivity index (χ1n) is 11.9. The molecule has 5 N–H and O–H groups in total. The minimum Gasteiger partial charge on any atom is -0.493 e. The Morgan fingerprint density at radius 1 is 1.11 bits per heavy atom. The standard InChI is InChI=1S/C25H28N2O10S/c1-12(36-24-20(30)18(28)19(29)21(37-24)23(32)33)14-4-5-15(26-11-14)8-9-35-16-6-2-13(3-7-16)10-17-22(31)27-25(34)38-17/h2-7,11-12,17-21,24,28-30H,8-10H2,1H3,(H,32,33)(H,27,31,34)/t12?,17?,18-,19-,20+,21-,24+/m0/s1. The van der Waals surface area contributed by atoms with Crippen molar-refractivity contribution < 1.29 is 49.0 Å². The number of pyridine rings is 1. The van der Waals surface area contributed by atoms with Crippen LogP contribution in [-0.2, 0) is 31.9 Å². The van der Waals surface area contributed by atoms with Gasteiger partial charge >= 0.3 is 5.97 Å². The van der Waals surface area contributed by atoms with Crippen LogP contribution in [0.2, 0.25) is 0 Å². The molecule has 0 saturated carbocycles. The largest absolute Gasteiger partial charge is 0.493 e. The molecule has 2 fully saturated rings. The molecule has 0 aliphatic carbocycles. The number of carbonyl (C=O) groups excluding carboxylic acids is 2. The summed E-state index contributed by atoms with van der Waals surface area (Å²) in [5.41, 5.74) is 2.30. The second-order valence-electron chi connectivity index (χ2n) is 8.93. The second kappa shape index (κ2) is 12.2. The van der Waals surface area contributed by atoms with Crippen LogP contribution in [0.25, 0.3) is 0 Å². The van der Waals surface area contributed by atoms with Gasteiger partial charge in [0.15, 0.2) is 12.4 Å². The van der Waals surface area contributed by atoms with Gasteiger partial charge in [-0.25, -0.2) is 4.79 Å². The highest BCUT2D eigenvalue weighted by Crippen LogP contribution is 2.28. The van der Waals surface area contributed by atoms with E-state index in [0.29, 0.717) is 30.8 Å². The molecule has 0 bridgehead atoms. The summed E-state index contributed by atoms with van der Waals surface area (Å²) in [6.07, 6.45) is -6.46. The van der Waals surface area contributed by atoms with E-state index in [2.05, 4.69) is 10.3 Å². The van der Waals surface area contributed by atoms with Crippen molar-refractivity contribution in [2.24, 2.45) is 0 Å². The van der Waals surface area contributed by atoms with E-state index in [1.165, 1.54) is 0 Å². The van der Waals surface area contributed by atoms with Crippen molar-refractivity contribution in [2.75, 3.05) is 6.61 Å². The summed E-state index contributed by atoms with van der Waals surface area (Å²) in [4.78, 5) is 38.6. The zero-order chi connectivity index (χ0) is 27.4. The molecule has 1 aromatic carbocycles. The number of nitrogens with one attached hydrogen (secondary N) is 1. The highest BCUT2D eigenvalue weighted by Gasteiger charge is 2.48.